The zero-order chi connectivity index (χ0) is 9.23. The molecule has 0 N–H and O–H groups in total. The molecule has 0 rings (SSSR count). The van der Waals surface area contributed by atoms with Crippen molar-refractivity contribution in [3.05, 3.63) is 11.6 Å². The summed E-state index contributed by atoms with van der Waals surface area (Å²) in [6.45, 7) is 3.58. The van der Waals surface area contributed by atoms with Crippen LogP contribution in [0.4, 0.5) is 0 Å². The van der Waals surface area contributed by atoms with Gasteiger partial charge < -0.3 is 9.47 Å². The van der Waals surface area contributed by atoms with E-state index >= 15 is 0 Å². The van der Waals surface area contributed by atoms with Crippen molar-refractivity contribution in [3.63, 3.8) is 0 Å². The van der Waals surface area contributed by atoms with E-state index < -0.39 is 0 Å². The summed E-state index contributed by atoms with van der Waals surface area (Å²) in [5.41, 5.74) is 1.24. The zero-order valence-corrected chi connectivity index (χ0v) is 8.43. The zero-order valence-electron chi connectivity index (χ0n) is 8.43. The maximum atomic E-state index is 5.04. The molecule has 0 fully saturated rings. The fraction of sp³-hybridized carbons (Fsp3) is 0.800. The molecule has 0 atom stereocenters. The highest BCUT2D eigenvalue weighted by molar-refractivity contribution is 5.02. The molecular formula is C10H20O2. The van der Waals surface area contributed by atoms with Crippen molar-refractivity contribution in [2.24, 2.45) is 0 Å². The van der Waals surface area contributed by atoms with E-state index in [1.54, 1.807) is 14.2 Å². The standard InChI is InChI=1S/C10H20O2/c1-4-5-6-7-10(8-11-2)9-12-3/h7H,4-6,8-9H2,1-3H3. The van der Waals surface area contributed by atoms with Gasteiger partial charge in [-0.15, -0.1) is 0 Å². The Morgan fingerprint density at radius 1 is 1.17 bits per heavy atom. The highest BCUT2D eigenvalue weighted by atomic mass is 16.5. The lowest BCUT2D eigenvalue weighted by Crippen LogP contribution is -2.01. The van der Waals surface area contributed by atoms with Crippen LogP contribution in [0.2, 0.25) is 0 Å². The number of unbranched alkanes of at least 4 members (excludes halogenated alkanes) is 2. The third kappa shape index (κ3) is 6.38. The van der Waals surface area contributed by atoms with E-state index in [0.29, 0.717) is 13.2 Å². The van der Waals surface area contributed by atoms with Crippen LogP contribution in [0.3, 0.4) is 0 Å². The average molecular weight is 172 g/mol. The lowest BCUT2D eigenvalue weighted by atomic mass is 10.2. The van der Waals surface area contributed by atoms with Gasteiger partial charge in [0.05, 0.1) is 13.2 Å². The second-order valence-corrected chi connectivity index (χ2v) is 2.87. The third-order valence-corrected chi connectivity index (χ3v) is 1.65. The third-order valence-electron chi connectivity index (χ3n) is 1.65. The second kappa shape index (κ2) is 8.75. The first-order chi connectivity index (χ1) is 5.85. The summed E-state index contributed by atoms with van der Waals surface area (Å²) in [6.07, 6.45) is 5.84. The Labute approximate surface area is 75.6 Å². The average Bonchev–Trinajstić information content (AvgIpc) is 2.06. The van der Waals surface area contributed by atoms with Gasteiger partial charge in [0.15, 0.2) is 0 Å². The molecule has 2 heteroatoms. The molecule has 2 nitrogen and oxygen atoms in total. The van der Waals surface area contributed by atoms with Gasteiger partial charge in [-0.25, -0.2) is 0 Å². The SMILES string of the molecule is CCCCC=C(COC)COC. The summed E-state index contributed by atoms with van der Waals surface area (Å²) in [5.74, 6) is 0. The largest absolute Gasteiger partial charge is 0.380 e. The lowest BCUT2D eigenvalue weighted by molar-refractivity contribution is 0.181. The fourth-order valence-corrected chi connectivity index (χ4v) is 1.04. The van der Waals surface area contributed by atoms with Gasteiger partial charge >= 0.3 is 0 Å². The lowest BCUT2D eigenvalue weighted by Gasteiger charge is -2.04. The molecule has 0 aliphatic carbocycles. The molecule has 0 heterocycles. The first-order valence-corrected chi connectivity index (χ1v) is 4.50. The molecular weight excluding hydrogens is 152 g/mol. The Morgan fingerprint density at radius 3 is 2.17 bits per heavy atom. The maximum absolute atomic E-state index is 5.04. The van der Waals surface area contributed by atoms with Crippen LogP contribution in [-0.2, 0) is 9.47 Å². The first-order valence-electron chi connectivity index (χ1n) is 4.50. The van der Waals surface area contributed by atoms with Crippen LogP contribution in [0.1, 0.15) is 26.2 Å². The summed E-state index contributed by atoms with van der Waals surface area (Å²) < 4.78 is 10.1. The molecule has 12 heavy (non-hydrogen) atoms. The second-order valence-electron chi connectivity index (χ2n) is 2.87. The summed E-state index contributed by atoms with van der Waals surface area (Å²) >= 11 is 0. The summed E-state index contributed by atoms with van der Waals surface area (Å²) in [7, 11) is 3.42. The van der Waals surface area contributed by atoms with Crippen LogP contribution >= 0.6 is 0 Å². The van der Waals surface area contributed by atoms with Crippen LogP contribution in [0, 0.1) is 0 Å². The smallest absolute Gasteiger partial charge is 0.0695 e. The topological polar surface area (TPSA) is 18.5 Å². The Hall–Kier alpha value is -0.340. The van der Waals surface area contributed by atoms with Gasteiger partial charge in [-0.1, -0.05) is 25.8 Å². The van der Waals surface area contributed by atoms with E-state index in [0.717, 1.165) is 6.42 Å². The number of methoxy groups -OCH3 is 2. The predicted molar refractivity (Wildman–Crippen MR) is 51.4 cm³/mol. The molecule has 0 amide bonds. The predicted octanol–water partition coefficient (Wildman–Crippen LogP) is 2.40. The van der Waals surface area contributed by atoms with Crippen LogP contribution in [0.5, 0.6) is 0 Å². The Balaban J connectivity index is 3.64. The quantitative estimate of drug-likeness (QED) is 0.433. The summed E-state index contributed by atoms with van der Waals surface area (Å²) in [4.78, 5) is 0. The maximum Gasteiger partial charge on any atom is 0.0695 e. The minimum atomic E-state index is 0.692. The molecule has 0 aromatic carbocycles. The number of hydrogen-bond acceptors (Lipinski definition) is 2. The van der Waals surface area contributed by atoms with Crippen LogP contribution in [-0.4, -0.2) is 27.4 Å². The van der Waals surface area contributed by atoms with E-state index in [1.807, 2.05) is 0 Å². The molecule has 0 aliphatic heterocycles. The van der Waals surface area contributed by atoms with E-state index in [-0.39, 0.29) is 0 Å². The number of rotatable bonds is 7. The highest BCUT2D eigenvalue weighted by Gasteiger charge is 1.94. The van der Waals surface area contributed by atoms with E-state index in [9.17, 15) is 0 Å². The molecule has 0 unspecified atom stereocenters. The number of ether oxygens (including phenoxy) is 2. The van der Waals surface area contributed by atoms with Gasteiger partial charge in [-0.2, -0.15) is 0 Å². The van der Waals surface area contributed by atoms with Crippen LogP contribution in [0.15, 0.2) is 11.6 Å². The van der Waals surface area contributed by atoms with Crippen molar-refractivity contribution in [1.82, 2.24) is 0 Å². The molecule has 0 aromatic rings. The number of hydrogen-bond donors (Lipinski definition) is 0. The van der Waals surface area contributed by atoms with Crippen molar-refractivity contribution >= 4 is 0 Å². The Morgan fingerprint density at radius 2 is 1.75 bits per heavy atom. The molecule has 0 aliphatic rings. The van der Waals surface area contributed by atoms with Gasteiger partial charge in [0.25, 0.3) is 0 Å². The van der Waals surface area contributed by atoms with Gasteiger partial charge in [0, 0.05) is 14.2 Å². The van der Waals surface area contributed by atoms with Gasteiger partial charge in [-0.3, -0.25) is 0 Å². The van der Waals surface area contributed by atoms with Crippen molar-refractivity contribution in [2.45, 2.75) is 26.2 Å². The molecule has 72 valence electrons. The van der Waals surface area contributed by atoms with Crippen LogP contribution in [0.25, 0.3) is 0 Å². The van der Waals surface area contributed by atoms with E-state index in [2.05, 4.69) is 13.0 Å². The van der Waals surface area contributed by atoms with Crippen molar-refractivity contribution < 1.29 is 9.47 Å². The van der Waals surface area contributed by atoms with Gasteiger partial charge in [0.2, 0.25) is 0 Å². The highest BCUT2D eigenvalue weighted by Crippen LogP contribution is 2.02. The number of allylic oxidation sites excluding steroid dienone is 1. The van der Waals surface area contributed by atoms with E-state index in [4.69, 9.17) is 9.47 Å². The van der Waals surface area contributed by atoms with Crippen LogP contribution < -0.4 is 0 Å². The van der Waals surface area contributed by atoms with Crippen molar-refractivity contribution in [2.75, 3.05) is 27.4 Å². The van der Waals surface area contributed by atoms with E-state index in [1.165, 1.54) is 18.4 Å². The van der Waals surface area contributed by atoms with Gasteiger partial charge in [0.1, 0.15) is 0 Å². The molecule has 0 radical (unpaired) electrons. The molecule has 0 saturated carbocycles. The van der Waals surface area contributed by atoms with Gasteiger partial charge in [-0.05, 0) is 12.0 Å². The molecule has 0 bridgehead atoms. The minimum absolute atomic E-state index is 0.692. The molecule has 0 aromatic heterocycles. The molecule has 0 saturated heterocycles. The normalized spacial score (nSPS) is 9.92. The first kappa shape index (κ1) is 11.7. The monoisotopic (exact) mass is 172 g/mol. The molecule has 0 spiro atoms. The minimum Gasteiger partial charge on any atom is -0.380 e. The summed E-state index contributed by atoms with van der Waals surface area (Å²) in [6, 6.07) is 0. The fourth-order valence-electron chi connectivity index (χ4n) is 1.04. The Bertz CT molecular complexity index is 111. The van der Waals surface area contributed by atoms with Crippen molar-refractivity contribution in [1.29, 1.82) is 0 Å². The Kier molecular flexibility index (Phi) is 8.51. The summed E-state index contributed by atoms with van der Waals surface area (Å²) in [5, 5.41) is 0. The van der Waals surface area contributed by atoms with Crippen molar-refractivity contribution in [3.8, 4) is 0 Å².